The van der Waals surface area contributed by atoms with E-state index in [1.54, 1.807) is 0 Å². The Hall–Kier alpha value is -2.47. The topological polar surface area (TPSA) is 108 Å². The number of nitriles is 1. The van der Waals surface area contributed by atoms with Crippen LogP contribution in [0, 0.1) is 11.3 Å². The van der Waals surface area contributed by atoms with E-state index in [-0.39, 0.29) is 47.9 Å². The molecule has 1 fully saturated rings. The molecule has 0 saturated carbocycles. The second-order valence-corrected chi connectivity index (χ2v) is 9.56. The van der Waals surface area contributed by atoms with Crippen LogP contribution in [0.2, 0.25) is 10.0 Å². The van der Waals surface area contributed by atoms with Crippen molar-refractivity contribution in [2.75, 3.05) is 13.1 Å². The Balaban J connectivity index is 1.97. The second-order valence-electron chi connectivity index (χ2n) is 6.49. The number of amides is 1. The van der Waals surface area contributed by atoms with Crippen LogP contribution in [0.4, 0.5) is 4.79 Å². The quantitative estimate of drug-likeness (QED) is 0.724. The minimum absolute atomic E-state index is 0.0444. The average Bonchev–Trinajstić information content (AvgIpc) is 2.67. The Labute approximate surface area is 177 Å². The van der Waals surface area contributed by atoms with Gasteiger partial charge in [-0.05, 0) is 49.2 Å². The van der Waals surface area contributed by atoms with Crippen molar-refractivity contribution < 1.29 is 23.1 Å². The fourth-order valence-corrected chi connectivity index (χ4v) is 5.51. The van der Waals surface area contributed by atoms with E-state index in [4.69, 9.17) is 33.0 Å². The number of piperidine rings is 1. The highest BCUT2D eigenvalue weighted by Gasteiger charge is 2.35. The molecule has 1 aliphatic heterocycles. The molecule has 1 amide bonds. The molecule has 0 atom stereocenters. The van der Waals surface area contributed by atoms with Crippen LogP contribution in [-0.4, -0.2) is 42.9 Å². The Morgan fingerprint density at radius 3 is 2.31 bits per heavy atom. The van der Waals surface area contributed by atoms with Crippen LogP contribution in [0.5, 0.6) is 11.5 Å². The average molecular weight is 455 g/mol. The van der Waals surface area contributed by atoms with Gasteiger partial charge in [0.25, 0.3) is 0 Å². The molecule has 1 heterocycles. The van der Waals surface area contributed by atoms with E-state index in [0.717, 1.165) is 0 Å². The number of hydrogen-bond acceptors (Lipinski definition) is 5. The molecule has 7 nitrogen and oxygen atoms in total. The zero-order chi connectivity index (χ0) is 21.2. The minimum atomic E-state index is -3.88. The number of sulfone groups is 1. The zero-order valence-corrected chi connectivity index (χ0v) is 17.3. The van der Waals surface area contributed by atoms with Gasteiger partial charge in [0.1, 0.15) is 16.4 Å². The lowest BCUT2D eigenvalue weighted by Gasteiger charge is -2.30. The normalized spacial score (nSPS) is 15.0. The van der Waals surface area contributed by atoms with Crippen molar-refractivity contribution in [3.8, 4) is 17.6 Å². The van der Waals surface area contributed by atoms with Crippen molar-refractivity contribution in [1.82, 2.24) is 4.90 Å². The monoisotopic (exact) mass is 454 g/mol. The molecule has 0 spiro atoms. The van der Waals surface area contributed by atoms with Crippen molar-refractivity contribution in [3.05, 3.63) is 52.0 Å². The maximum atomic E-state index is 13.3. The SMILES string of the molecule is N#Cc1ccc(Oc2cc(Cl)cc(Cl)c2)c(S(=O)(=O)C2CCN(C(=O)O)CC2)c1. The largest absolute Gasteiger partial charge is 0.465 e. The second kappa shape index (κ2) is 8.49. The van der Waals surface area contributed by atoms with Crippen molar-refractivity contribution in [1.29, 1.82) is 5.26 Å². The van der Waals surface area contributed by atoms with Gasteiger partial charge in [0.05, 0.1) is 16.9 Å². The van der Waals surface area contributed by atoms with Crippen LogP contribution in [0.25, 0.3) is 0 Å². The van der Waals surface area contributed by atoms with Crippen LogP contribution in [0.15, 0.2) is 41.3 Å². The Bertz CT molecular complexity index is 1070. The highest BCUT2D eigenvalue weighted by Crippen LogP contribution is 2.36. The summed E-state index contributed by atoms with van der Waals surface area (Å²) in [5, 5.41) is 18.1. The molecule has 152 valence electrons. The van der Waals surface area contributed by atoms with Crippen LogP contribution in [0.1, 0.15) is 18.4 Å². The molecule has 10 heteroatoms. The van der Waals surface area contributed by atoms with Gasteiger partial charge in [-0.1, -0.05) is 23.2 Å². The highest BCUT2D eigenvalue weighted by molar-refractivity contribution is 7.92. The van der Waals surface area contributed by atoms with Crippen LogP contribution in [-0.2, 0) is 9.84 Å². The van der Waals surface area contributed by atoms with Crippen LogP contribution in [0.3, 0.4) is 0 Å². The lowest BCUT2D eigenvalue weighted by atomic mass is 10.1. The van der Waals surface area contributed by atoms with Gasteiger partial charge in [0, 0.05) is 23.1 Å². The van der Waals surface area contributed by atoms with Gasteiger partial charge in [-0.3, -0.25) is 0 Å². The number of halogens is 2. The van der Waals surface area contributed by atoms with Crippen molar-refractivity contribution >= 4 is 39.1 Å². The van der Waals surface area contributed by atoms with E-state index in [1.807, 2.05) is 6.07 Å². The number of nitrogens with zero attached hydrogens (tertiary/aromatic N) is 2. The van der Waals surface area contributed by atoms with Gasteiger partial charge >= 0.3 is 6.09 Å². The summed E-state index contributed by atoms with van der Waals surface area (Å²) in [5.74, 6) is 0.298. The first kappa shape index (κ1) is 21.2. The van der Waals surface area contributed by atoms with Crippen LogP contribution < -0.4 is 4.74 Å². The molecule has 0 aliphatic carbocycles. The third-order valence-corrected chi connectivity index (χ3v) is 7.31. The van der Waals surface area contributed by atoms with Crippen molar-refractivity contribution in [2.45, 2.75) is 23.0 Å². The molecule has 0 aromatic heterocycles. The molecule has 2 aromatic carbocycles. The summed E-state index contributed by atoms with van der Waals surface area (Å²) in [6.45, 7) is 0.245. The molecule has 1 N–H and O–H groups in total. The summed E-state index contributed by atoms with van der Waals surface area (Å²) < 4.78 is 32.3. The number of likely N-dealkylation sites (tertiary alicyclic amines) is 1. The molecule has 3 rings (SSSR count). The number of ether oxygens (including phenoxy) is 1. The molecule has 1 saturated heterocycles. The first-order valence-corrected chi connectivity index (χ1v) is 10.9. The van der Waals surface area contributed by atoms with Gasteiger partial charge < -0.3 is 14.7 Å². The van der Waals surface area contributed by atoms with Gasteiger partial charge in [-0.25, -0.2) is 13.2 Å². The summed E-state index contributed by atoms with van der Waals surface area (Å²) in [7, 11) is -3.88. The predicted molar refractivity (Wildman–Crippen MR) is 107 cm³/mol. The smallest absolute Gasteiger partial charge is 0.407 e. The van der Waals surface area contributed by atoms with E-state index in [1.165, 1.54) is 41.3 Å². The molecular weight excluding hydrogens is 439 g/mol. The molecule has 2 aromatic rings. The van der Waals surface area contributed by atoms with E-state index in [0.29, 0.717) is 10.0 Å². The lowest BCUT2D eigenvalue weighted by molar-refractivity contribution is 0.136. The third kappa shape index (κ3) is 4.75. The molecular formula is C19H16Cl2N2O5S. The van der Waals surface area contributed by atoms with Crippen LogP contribution >= 0.6 is 23.2 Å². The van der Waals surface area contributed by atoms with Crippen molar-refractivity contribution in [2.24, 2.45) is 0 Å². The lowest BCUT2D eigenvalue weighted by Crippen LogP contribution is -2.41. The first-order valence-electron chi connectivity index (χ1n) is 8.60. The van der Waals surface area contributed by atoms with Crippen molar-refractivity contribution in [3.63, 3.8) is 0 Å². The van der Waals surface area contributed by atoms with Gasteiger partial charge in [-0.2, -0.15) is 5.26 Å². The molecule has 0 radical (unpaired) electrons. The Morgan fingerprint density at radius 1 is 1.14 bits per heavy atom. The summed E-state index contributed by atoms with van der Waals surface area (Å²) in [4.78, 5) is 12.1. The fraction of sp³-hybridized carbons (Fsp3) is 0.263. The zero-order valence-electron chi connectivity index (χ0n) is 15.0. The number of carbonyl (C=O) groups is 1. The Kier molecular flexibility index (Phi) is 6.22. The summed E-state index contributed by atoms with van der Waals surface area (Å²) in [6.07, 6.45) is -0.754. The van der Waals surface area contributed by atoms with Gasteiger partial charge in [-0.15, -0.1) is 0 Å². The fourth-order valence-electron chi connectivity index (χ4n) is 3.14. The first-order chi connectivity index (χ1) is 13.7. The van der Waals surface area contributed by atoms with Gasteiger partial charge in [0.2, 0.25) is 0 Å². The molecule has 1 aliphatic rings. The van der Waals surface area contributed by atoms with E-state index >= 15 is 0 Å². The number of rotatable bonds is 4. The number of hydrogen-bond donors (Lipinski definition) is 1. The van der Waals surface area contributed by atoms with E-state index < -0.39 is 21.2 Å². The maximum absolute atomic E-state index is 13.3. The molecule has 0 unspecified atom stereocenters. The molecule has 29 heavy (non-hydrogen) atoms. The standard InChI is InChI=1S/C19H16Cl2N2O5S/c20-13-8-14(21)10-15(9-13)28-17-2-1-12(11-22)7-18(17)29(26,27)16-3-5-23(6-4-16)19(24)25/h1-2,7-10,16H,3-6H2,(H,24,25). The van der Waals surface area contributed by atoms with Gasteiger partial charge in [0.15, 0.2) is 9.84 Å². The molecule has 0 bridgehead atoms. The summed E-state index contributed by atoms with van der Waals surface area (Å²) >= 11 is 12.0. The maximum Gasteiger partial charge on any atom is 0.407 e. The summed E-state index contributed by atoms with van der Waals surface area (Å²) in [6, 6.07) is 10.6. The minimum Gasteiger partial charge on any atom is -0.465 e. The Morgan fingerprint density at radius 2 is 1.76 bits per heavy atom. The number of carboxylic acid groups (broad SMARTS) is 1. The van der Waals surface area contributed by atoms with E-state index in [9.17, 15) is 18.5 Å². The highest BCUT2D eigenvalue weighted by atomic mass is 35.5. The van der Waals surface area contributed by atoms with E-state index in [2.05, 4.69) is 0 Å². The summed E-state index contributed by atoms with van der Waals surface area (Å²) in [5.41, 5.74) is 0.169. The third-order valence-electron chi connectivity index (χ3n) is 4.59. The number of benzene rings is 2. The predicted octanol–water partition coefficient (Wildman–Crippen LogP) is 4.57.